The molecule has 6 nitrogen and oxygen atoms in total. The third-order valence-electron chi connectivity index (χ3n) is 2.22. The number of carbonyl (C=O) groups is 2. The fourth-order valence-electron chi connectivity index (χ4n) is 1.31. The molecule has 102 valence electrons. The summed E-state index contributed by atoms with van der Waals surface area (Å²) in [7, 11) is 0. The molecule has 1 rings (SSSR count). The highest BCUT2D eigenvalue weighted by Crippen LogP contribution is 2.06. The van der Waals surface area contributed by atoms with Crippen LogP contribution in [0.2, 0.25) is 0 Å². The molecule has 0 aliphatic rings. The van der Waals surface area contributed by atoms with Crippen molar-refractivity contribution in [2.75, 3.05) is 11.9 Å². The number of carbonyl (C=O) groups excluding carboxylic acids is 1. The molecular weight excluding hydrogens is 246 g/mol. The number of amides is 2. The molecule has 1 aromatic heterocycles. The molecule has 1 aromatic rings. The largest absolute Gasteiger partial charge is 0.478 e. The Morgan fingerprint density at radius 1 is 1.42 bits per heavy atom. The molecule has 0 aliphatic carbocycles. The number of carboxylic acids is 1. The number of rotatable bonds is 6. The van der Waals surface area contributed by atoms with E-state index in [-0.39, 0.29) is 6.03 Å². The fraction of sp³-hybridized carbons (Fsp3) is 0.308. The molecule has 0 saturated carbocycles. The predicted octanol–water partition coefficient (Wildman–Crippen LogP) is 2.10. The lowest BCUT2D eigenvalue weighted by molar-refractivity contribution is -0.131. The van der Waals surface area contributed by atoms with Gasteiger partial charge in [0.1, 0.15) is 5.82 Å². The highest BCUT2D eigenvalue weighted by molar-refractivity contribution is 5.88. The number of nitrogens with one attached hydrogen (secondary N) is 2. The number of pyridine rings is 1. The molecule has 0 radical (unpaired) electrons. The van der Waals surface area contributed by atoms with E-state index in [4.69, 9.17) is 5.11 Å². The molecule has 1 heterocycles. The first-order chi connectivity index (χ1) is 9.11. The van der Waals surface area contributed by atoms with E-state index in [1.807, 2.05) is 6.92 Å². The second-order valence-corrected chi connectivity index (χ2v) is 3.85. The molecule has 6 heteroatoms. The van der Waals surface area contributed by atoms with Crippen LogP contribution in [0.15, 0.2) is 24.3 Å². The maximum atomic E-state index is 11.5. The summed E-state index contributed by atoms with van der Waals surface area (Å²) >= 11 is 0. The first kappa shape index (κ1) is 14.7. The normalized spacial score (nSPS) is 10.4. The highest BCUT2D eigenvalue weighted by atomic mass is 16.4. The average molecular weight is 263 g/mol. The van der Waals surface area contributed by atoms with Crippen LogP contribution in [0.1, 0.15) is 25.5 Å². The first-order valence-electron chi connectivity index (χ1n) is 6.04. The van der Waals surface area contributed by atoms with Gasteiger partial charge in [0.05, 0.1) is 5.69 Å². The Kier molecular flexibility index (Phi) is 6.08. The predicted molar refractivity (Wildman–Crippen MR) is 72.8 cm³/mol. The zero-order valence-electron chi connectivity index (χ0n) is 10.7. The summed E-state index contributed by atoms with van der Waals surface area (Å²) in [6, 6.07) is 4.66. The molecule has 0 unspecified atom stereocenters. The summed E-state index contributed by atoms with van der Waals surface area (Å²) in [5.41, 5.74) is 0.466. The van der Waals surface area contributed by atoms with Gasteiger partial charge in [-0.05, 0) is 24.6 Å². The number of carboxylic acid groups (broad SMARTS) is 1. The summed E-state index contributed by atoms with van der Waals surface area (Å²) < 4.78 is 0. The van der Waals surface area contributed by atoms with Crippen molar-refractivity contribution < 1.29 is 14.7 Å². The van der Waals surface area contributed by atoms with Crippen molar-refractivity contribution in [2.24, 2.45) is 0 Å². The summed E-state index contributed by atoms with van der Waals surface area (Å²) in [4.78, 5) is 26.0. The van der Waals surface area contributed by atoms with Crippen molar-refractivity contribution in [1.82, 2.24) is 10.3 Å². The van der Waals surface area contributed by atoms with Crippen LogP contribution in [0.3, 0.4) is 0 Å². The van der Waals surface area contributed by atoms with Gasteiger partial charge in [0.25, 0.3) is 0 Å². The van der Waals surface area contributed by atoms with Gasteiger partial charge in [-0.2, -0.15) is 0 Å². The Morgan fingerprint density at radius 3 is 2.89 bits per heavy atom. The van der Waals surface area contributed by atoms with Crippen LogP contribution in [0.25, 0.3) is 6.08 Å². The van der Waals surface area contributed by atoms with E-state index in [0.717, 1.165) is 18.9 Å². The van der Waals surface area contributed by atoms with Gasteiger partial charge in [-0.3, -0.25) is 5.32 Å². The van der Waals surface area contributed by atoms with E-state index in [2.05, 4.69) is 15.6 Å². The Morgan fingerprint density at radius 2 is 2.21 bits per heavy atom. The first-order valence-corrected chi connectivity index (χ1v) is 6.04. The van der Waals surface area contributed by atoms with Crippen molar-refractivity contribution in [1.29, 1.82) is 0 Å². The number of aliphatic carboxylic acids is 1. The van der Waals surface area contributed by atoms with Crippen molar-refractivity contribution in [3.05, 3.63) is 30.0 Å². The van der Waals surface area contributed by atoms with Gasteiger partial charge in [-0.25, -0.2) is 14.6 Å². The van der Waals surface area contributed by atoms with Crippen LogP contribution in [-0.2, 0) is 4.79 Å². The third-order valence-corrected chi connectivity index (χ3v) is 2.22. The number of hydrogen-bond acceptors (Lipinski definition) is 3. The lowest BCUT2D eigenvalue weighted by Crippen LogP contribution is -2.29. The van der Waals surface area contributed by atoms with Crippen LogP contribution in [-0.4, -0.2) is 28.6 Å². The SMILES string of the molecule is CCCCNC(=O)Nc1cccc(/C=C/C(=O)O)n1. The lowest BCUT2D eigenvalue weighted by Gasteiger charge is -2.06. The van der Waals surface area contributed by atoms with Crippen LogP contribution >= 0.6 is 0 Å². The summed E-state index contributed by atoms with van der Waals surface area (Å²) in [6.07, 6.45) is 4.28. The van der Waals surface area contributed by atoms with Crippen molar-refractivity contribution in [3.8, 4) is 0 Å². The van der Waals surface area contributed by atoms with Gasteiger partial charge in [-0.15, -0.1) is 0 Å². The van der Waals surface area contributed by atoms with Gasteiger partial charge in [-0.1, -0.05) is 19.4 Å². The Hall–Kier alpha value is -2.37. The standard InChI is InChI=1S/C13H17N3O3/c1-2-3-9-14-13(19)16-11-6-4-5-10(15-11)7-8-12(17)18/h4-8H,2-3,9H2,1H3,(H,17,18)(H2,14,15,16,19)/b8-7+. The van der Waals surface area contributed by atoms with Gasteiger partial charge in [0, 0.05) is 12.6 Å². The highest BCUT2D eigenvalue weighted by Gasteiger charge is 2.02. The summed E-state index contributed by atoms with van der Waals surface area (Å²) in [5.74, 6) is -0.668. The maximum absolute atomic E-state index is 11.5. The molecule has 0 atom stereocenters. The maximum Gasteiger partial charge on any atom is 0.328 e. The zero-order chi connectivity index (χ0) is 14.1. The smallest absolute Gasteiger partial charge is 0.328 e. The van der Waals surface area contributed by atoms with Crippen LogP contribution in [0.4, 0.5) is 10.6 Å². The average Bonchev–Trinajstić information content (AvgIpc) is 2.37. The number of hydrogen-bond donors (Lipinski definition) is 3. The van der Waals surface area contributed by atoms with E-state index < -0.39 is 5.97 Å². The molecule has 0 saturated heterocycles. The van der Waals surface area contributed by atoms with Crippen molar-refractivity contribution >= 4 is 23.9 Å². The number of urea groups is 1. The molecular formula is C13H17N3O3. The monoisotopic (exact) mass is 263 g/mol. The third kappa shape index (κ3) is 6.21. The quantitative estimate of drug-likeness (QED) is 0.541. The molecule has 19 heavy (non-hydrogen) atoms. The molecule has 0 spiro atoms. The number of unbranched alkanes of at least 4 members (excludes halogenated alkanes) is 1. The van der Waals surface area contributed by atoms with E-state index in [0.29, 0.717) is 18.1 Å². The van der Waals surface area contributed by atoms with Gasteiger partial charge in [0.15, 0.2) is 0 Å². The van der Waals surface area contributed by atoms with Crippen LogP contribution in [0, 0.1) is 0 Å². The van der Waals surface area contributed by atoms with E-state index in [1.165, 1.54) is 6.08 Å². The topological polar surface area (TPSA) is 91.3 Å². The molecule has 0 fully saturated rings. The minimum atomic E-state index is -1.04. The second-order valence-electron chi connectivity index (χ2n) is 3.85. The van der Waals surface area contributed by atoms with E-state index >= 15 is 0 Å². The molecule has 0 bridgehead atoms. The summed E-state index contributed by atoms with van der Waals surface area (Å²) in [5, 5.41) is 13.8. The van der Waals surface area contributed by atoms with E-state index in [9.17, 15) is 9.59 Å². The minimum absolute atomic E-state index is 0.319. The van der Waals surface area contributed by atoms with Crippen LogP contribution < -0.4 is 10.6 Å². The Bertz CT molecular complexity index is 472. The molecule has 0 aromatic carbocycles. The van der Waals surface area contributed by atoms with Gasteiger partial charge in [0.2, 0.25) is 0 Å². The number of anilines is 1. The van der Waals surface area contributed by atoms with Crippen molar-refractivity contribution in [2.45, 2.75) is 19.8 Å². The lowest BCUT2D eigenvalue weighted by atomic mass is 10.3. The van der Waals surface area contributed by atoms with Gasteiger partial charge >= 0.3 is 12.0 Å². The number of nitrogens with zero attached hydrogens (tertiary/aromatic N) is 1. The fourth-order valence-corrected chi connectivity index (χ4v) is 1.31. The second kappa shape index (κ2) is 7.86. The molecule has 3 N–H and O–H groups in total. The van der Waals surface area contributed by atoms with Crippen LogP contribution in [0.5, 0.6) is 0 Å². The molecule has 0 aliphatic heterocycles. The Balaban J connectivity index is 2.56. The van der Waals surface area contributed by atoms with Crippen molar-refractivity contribution in [3.63, 3.8) is 0 Å². The molecule has 2 amide bonds. The summed E-state index contributed by atoms with van der Waals surface area (Å²) in [6.45, 7) is 2.65. The minimum Gasteiger partial charge on any atom is -0.478 e. The number of aromatic nitrogens is 1. The zero-order valence-corrected chi connectivity index (χ0v) is 10.7. The Labute approximate surface area is 111 Å². The van der Waals surface area contributed by atoms with E-state index in [1.54, 1.807) is 18.2 Å². The van der Waals surface area contributed by atoms with Gasteiger partial charge < -0.3 is 10.4 Å².